The summed E-state index contributed by atoms with van der Waals surface area (Å²) in [5.74, 6) is 6.41. The third kappa shape index (κ3) is 4.09. The van der Waals surface area contributed by atoms with E-state index in [2.05, 4.69) is 11.8 Å². The Bertz CT molecular complexity index is 429. The molecule has 2 N–H and O–H groups in total. The van der Waals surface area contributed by atoms with E-state index in [1.807, 2.05) is 25.1 Å². The van der Waals surface area contributed by atoms with Gasteiger partial charge in [0.2, 0.25) is 0 Å². The van der Waals surface area contributed by atoms with E-state index < -0.39 is 0 Å². The smallest absolute Gasteiger partial charge is 0.186 e. The Labute approximate surface area is 94.2 Å². The van der Waals surface area contributed by atoms with E-state index in [0.29, 0.717) is 5.75 Å². The molecule has 0 aliphatic carbocycles. The second-order valence-corrected chi connectivity index (χ2v) is 4.31. The van der Waals surface area contributed by atoms with Gasteiger partial charge in [-0.3, -0.25) is 4.79 Å². The van der Waals surface area contributed by atoms with Crippen LogP contribution in [0.5, 0.6) is 0 Å². The fourth-order valence-electron chi connectivity index (χ4n) is 0.994. The van der Waals surface area contributed by atoms with Crippen LogP contribution in [0, 0.1) is 18.8 Å². The van der Waals surface area contributed by atoms with E-state index in [4.69, 9.17) is 5.73 Å². The van der Waals surface area contributed by atoms with Gasteiger partial charge in [0.05, 0.1) is 5.75 Å². The first kappa shape index (κ1) is 11.7. The average molecular weight is 219 g/mol. The molecule has 0 atom stereocenters. The minimum Gasteiger partial charge on any atom is -0.398 e. The normalized spacial score (nSPS) is 9.20. The van der Waals surface area contributed by atoms with Crippen LogP contribution in [0.2, 0.25) is 0 Å². The summed E-state index contributed by atoms with van der Waals surface area (Å²) in [7, 11) is 0. The van der Waals surface area contributed by atoms with Gasteiger partial charge in [-0.1, -0.05) is 29.7 Å². The van der Waals surface area contributed by atoms with Crippen molar-refractivity contribution in [3.8, 4) is 11.8 Å². The molecule has 0 amide bonds. The highest BCUT2D eigenvalue weighted by Gasteiger charge is 1.93. The highest BCUT2D eigenvalue weighted by atomic mass is 32.2. The second kappa shape index (κ2) is 5.47. The lowest BCUT2D eigenvalue weighted by Crippen LogP contribution is -1.89. The van der Waals surface area contributed by atoms with Crippen molar-refractivity contribution in [1.29, 1.82) is 0 Å². The van der Waals surface area contributed by atoms with Crippen LogP contribution in [-0.4, -0.2) is 10.9 Å². The summed E-state index contributed by atoms with van der Waals surface area (Å²) in [4.78, 5) is 10.6. The van der Waals surface area contributed by atoms with Crippen LogP contribution in [0.4, 0.5) is 5.69 Å². The SMILES string of the molecule is CC(=O)SCC#Cc1ccc(C)c(N)c1. The Morgan fingerprint density at radius 3 is 2.87 bits per heavy atom. The largest absolute Gasteiger partial charge is 0.398 e. The number of thioether (sulfide) groups is 1. The van der Waals surface area contributed by atoms with Gasteiger partial charge < -0.3 is 5.73 Å². The summed E-state index contributed by atoms with van der Waals surface area (Å²) >= 11 is 1.21. The maximum absolute atomic E-state index is 10.6. The fourth-order valence-corrected chi connectivity index (χ4v) is 1.34. The molecule has 2 nitrogen and oxygen atoms in total. The summed E-state index contributed by atoms with van der Waals surface area (Å²) < 4.78 is 0. The zero-order valence-corrected chi connectivity index (χ0v) is 9.65. The van der Waals surface area contributed by atoms with Crippen LogP contribution in [0.25, 0.3) is 0 Å². The van der Waals surface area contributed by atoms with Gasteiger partial charge in [0, 0.05) is 18.2 Å². The topological polar surface area (TPSA) is 43.1 Å². The predicted molar refractivity (Wildman–Crippen MR) is 65.6 cm³/mol. The Hall–Kier alpha value is -1.40. The first-order chi connectivity index (χ1) is 7.09. The maximum Gasteiger partial charge on any atom is 0.186 e. The molecule has 0 heterocycles. The molecular formula is C12H13NOS. The van der Waals surface area contributed by atoms with Crippen LogP contribution >= 0.6 is 11.8 Å². The third-order valence-electron chi connectivity index (χ3n) is 1.86. The van der Waals surface area contributed by atoms with Crippen molar-refractivity contribution < 1.29 is 4.79 Å². The molecule has 1 aromatic rings. The highest BCUT2D eigenvalue weighted by molar-refractivity contribution is 8.13. The molecule has 0 fully saturated rings. The van der Waals surface area contributed by atoms with Gasteiger partial charge in [0.1, 0.15) is 0 Å². The third-order valence-corrected chi connectivity index (χ3v) is 2.55. The minimum atomic E-state index is 0.0905. The van der Waals surface area contributed by atoms with Gasteiger partial charge in [-0.15, -0.1) is 0 Å². The minimum absolute atomic E-state index is 0.0905. The average Bonchev–Trinajstić information content (AvgIpc) is 2.18. The molecule has 0 spiro atoms. The first-order valence-corrected chi connectivity index (χ1v) is 5.56. The molecule has 1 aromatic carbocycles. The molecule has 0 aliphatic heterocycles. The summed E-state index contributed by atoms with van der Waals surface area (Å²) in [6, 6.07) is 5.72. The van der Waals surface area contributed by atoms with Crippen LogP contribution in [-0.2, 0) is 4.79 Å². The van der Waals surface area contributed by atoms with E-state index in [9.17, 15) is 4.79 Å². The van der Waals surface area contributed by atoms with Crippen molar-refractivity contribution in [3.05, 3.63) is 29.3 Å². The van der Waals surface area contributed by atoms with Crippen LogP contribution in [0.1, 0.15) is 18.1 Å². The first-order valence-electron chi connectivity index (χ1n) is 4.58. The molecule has 3 heteroatoms. The van der Waals surface area contributed by atoms with Crippen molar-refractivity contribution >= 4 is 22.6 Å². The Morgan fingerprint density at radius 1 is 1.53 bits per heavy atom. The molecule has 0 saturated heterocycles. The molecule has 0 aromatic heterocycles. The monoisotopic (exact) mass is 219 g/mol. The van der Waals surface area contributed by atoms with E-state index in [0.717, 1.165) is 16.8 Å². The molecule has 0 saturated carbocycles. The van der Waals surface area contributed by atoms with Gasteiger partial charge in [-0.05, 0) is 24.6 Å². The summed E-state index contributed by atoms with van der Waals surface area (Å²) in [5, 5.41) is 0.0905. The Kier molecular flexibility index (Phi) is 4.26. The molecule has 0 aliphatic rings. The van der Waals surface area contributed by atoms with Crippen LogP contribution in [0.3, 0.4) is 0 Å². The molecule has 1 rings (SSSR count). The van der Waals surface area contributed by atoms with Gasteiger partial charge in [-0.2, -0.15) is 0 Å². The van der Waals surface area contributed by atoms with E-state index in [1.54, 1.807) is 0 Å². The quantitative estimate of drug-likeness (QED) is 0.581. The predicted octanol–water partition coefficient (Wildman–Crippen LogP) is 2.21. The number of rotatable bonds is 1. The lowest BCUT2D eigenvalue weighted by atomic mass is 10.1. The van der Waals surface area contributed by atoms with Gasteiger partial charge >= 0.3 is 0 Å². The number of benzene rings is 1. The number of nitrogens with two attached hydrogens (primary N) is 1. The van der Waals surface area contributed by atoms with Crippen molar-refractivity contribution in [1.82, 2.24) is 0 Å². The van der Waals surface area contributed by atoms with Gasteiger partial charge in [0.15, 0.2) is 5.12 Å². The van der Waals surface area contributed by atoms with E-state index in [1.165, 1.54) is 18.7 Å². The Morgan fingerprint density at radius 2 is 2.27 bits per heavy atom. The van der Waals surface area contributed by atoms with Crippen molar-refractivity contribution in [2.24, 2.45) is 0 Å². The van der Waals surface area contributed by atoms with E-state index in [-0.39, 0.29) is 5.12 Å². The Balaban J connectivity index is 2.64. The number of carbonyl (C=O) groups is 1. The zero-order chi connectivity index (χ0) is 11.3. The molecule has 0 radical (unpaired) electrons. The van der Waals surface area contributed by atoms with Crippen LogP contribution in [0.15, 0.2) is 18.2 Å². The van der Waals surface area contributed by atoms with Crippen molar-refractivity contribution in [2.45, 2.75) is 13.8 Å². The van der Waals surface area contributed by atoms with E-state index >= 15 is 0 Å². The number of carbonyl (C=O) groups excluding carboxylic acids is 1. The number of aryl methyl sites for hydroxylation is 1. The second-order valence-electron chi connectivity index (χ2n) is 3.15. The number of hydrogen-bond acceptors (Lipinski definition) is 3. The molecule has 0 unspecified atom stereocenters. The summed E-state index contributed by atoms with van der Waals surface area (Å²) in [6.07, 6.45) is 0. The van der Waals surface area contributed by atoms with Crippen molar-refractivity contribution in [2.75, 3.05) is 11.5 Å². The molecule has 15 heavy (non-hydrogen) atoms. The fraction of sp³-hybridized carbons (Fsp3) is 0.250. The van der Waals surface area contributed by atoms with Crippen molar-refractivity contribution in [3.63, 3.8) is 0 Å². The molecule has 78 valence electrons. The van der Waals surface area contributed by atoms with Crippen LogP contribution < -0.4 is 5.73 Å². The standard InChI is InChI=1S/C12H13NOS/c1-9-5-6-11(8-12(9)13)4-3-7-15-10(2)14/h5-6,8H,7,13H2,1-2H3. The molecule has 0 bridgehead atoms. The lowest BCUT2D eigenvalue weighted by Gasteiger charge is -1.98. The highest BCUT2D eigenvalue weighted by Crippen LogP contribution is 2.11. The summed E-state index contributed by atoms with van der Waals surface area (Å²) in [5.41, 5.74) is 8.44. The number of hydrogen-bond donors (Lipinski definition) is 1. The zero-order valence-electron chi connectivity index (χ0n) is 8.83. The van der Waals surface area contributed by atoms with Gasteiger partial charge in [0.25, 0.3) is 0 Å². The maximum atomic E-state index is 10.6. The lowest BCUT2D eigenvalue weighted by molar-refractivity contribution is -0.109. The number of anilines is 1. The number of nitrogen functional groups attached to an aromatic ring is 1. The molecular weight excluding hydrogens is 206 g/mol. The summed E-state index contributed by atoms with van der Waals surface area (Å²) in [6.45, 7) is 3.49. The van der Waals surface area contributed by atoms with Gasteiger partial charge in [-0.25, -0.2) is 0 Å².